The Labute approximate surface area is 234 Å². The quantitative estimate of drug-likeness (QED) is 0.128. The Balaban J connectivity index is 1.41. The van der Waals surface area contributed by atoms with E-state index in [-0.39, 0.29) is 0 Å². The minimum absolute atomic E-state index is 0.322. The van der Waals surface area contributed by atoms with Crippen LogP contribution in [0, 0.1) is 0 Å². The van der Waals surface area contributed by atoms with Gasteiger partial charge in [-0.25, -0.2) is 9.79 Å². The fourth-order valence-electron chi connectivity index (χ4n) is 5.00. The van der Waals surface area contributed by atoms with Crippen LogP contribution in [0.15, 0.2) is 150 Å². The van der Waals surface area contributed by atoms with Gasteiger partial charge in [0.1, 0.15) is 0 Å². The van der Waals surface area contributed by atoms with E-state index >= 15 is 0 Å². The molecule has 0 amide bonds. The van der Waals surface area contributed by atoms with Crippen molar-refractivity contribution in [3.8, 4) is 11.1 Å². The summed E-state index contributed by atoms with van der Waals surface area (Å²) >= 11 is 0. The van der Waals surface area contributed by atoms with Crippen molar-refractivity contribution in [2.24, 2.45) is 4.99 Å². The minimum atomic E-state index is -0.412. The molecule has 192 valence electrons. The highest BCUT2D eigenvalue weighted by atomic mass is 16.6. The number of nitrogens with zero attached hydrogens (tertiary/aromatic N) is 1. The second-order valence-electron chi connectivity index (χ2n) is 9.60. The SMILES string of the molecule is CC1=N/C(=C\c2ccc(-c3ccc(C(=C(c4ccccc4)c4ccccc4)c4ccccc4)cc3)cc2)C(=O)O1. The molecule has 0 atom stereocenters. The first-order chi connectivity index (χ1) is 19.7. The van der Waals surface area contributed by atoms with Crippen LogP contribution in [0.2, 0.25) is 0 Å². The average molecular weight is 518 g/mol. The zero-order valence-electron chi connectivity index (χ0n) is 22.1. The summed E-state index contributed by atoms with van der Waals surface area (Å²) in [6.07, 6.45) is 1.75. The van der Waals surface area contributed by atoms with Gasteiger partial charge in [-0.05, 0) is 56.2 Å². The van der Waals surface area contributed by atoms with Gasteiger partial charge in [0.25, 0.3) is 0 Å². The summed E-state index contributed by atoms with van der Waals surface area (Å²) in [5.41, 5.74) is 10.5. The summed E-state index contributed by atoms with van der Waals surface area (Å²) in [6, 6.07) is 48.6. The van der Waals surface area contributed by atoms with Crippen LogP contribution in [0.4, 0.5) is 0 Å². The molecule has 0 N–H and O–H groups in total. The predicted octanol–water partition coefficient (Wildman–Crippen LogP) is 8.68. The van der Waals surface area contributed by atoms with E-state index in [0.717, 1.165) is 22.3 Å². The van der Waals surface area contributed by atoms with E-state index in [0.29, 0.717) is 11.6 Å². The lowest BCUT2D eigenvalue weighted by atomic mass is 9.85. The van der Waals surface area contributed by atoms with Crippen molar-refractivity contribution in [2.75, 3.05) is 0 Å². The van der Waals surface area contributed by atoms with Gasteiger partial charge in [0.2, 0.25) is 0 Å². The summed E-state index contributed by atoms with van der Waals surface area (Å²) < 4.78 is 5.01. The maximum Gasteiger partial charge on any atom is 0.363 e. The molecule has 40 heavy (non-hydrogen) atoms. The molecule has 0 spiro atoms. The highest BCUT2D eigenvalue weighted by Gasteiger charge is 2.19. The number of carbonyl (C=O) groups excluding carboxylic acids is 1. The first-order valence-corrected chi connectivity index (χ1v) is 13.3. The molecule has 0 bridgehead atoms. The van der Waals surface area contributed by atoms with E-state index in [1.54, 1.807) is 13.0 Å². The smallest absolute Gasteiger partial charge is 0.363 e. The van der Waals surface area contributed by atoms with Crippen molar-refractivity contribution in [3.63, 3.8) is 0 Å². The third kappa shape index (κ3) is 5.31. The number of hydrogen-bond acceptors (Lipinski definition) is 3. The highest BCUT2D eigenvalue weighted by molar-refractivity contribution is 6.06. The Hall–Kier alpha value is -5.28. The average Bonchev–Trinajstić information content (AvgIpc) is 3.33. The summed E-state index contributed by atoms with van der Waals surface area (Å²) in [7, 11) is 0. The normalized spacial score (nSPS) is 13.6. The van der Waals surface area contributed by atoms with Crippen LogP contribution in [-0.4, -0.2) is 11.9 Å². The molecule has 0 saturated carbocycles. The molecule has 1 aliphatic heterocycles. The van der Waals surface area contributed by atoms with E-state index in [1.807, 2.05) is 12.1 Å². The van der Waals surface area contributed by atoms with Crippen LogP contribution < -0.4 is 0 Å². The number of aliphatic imine (C=N–C) groups is 1. The maximum atomic E-state index is 11.9. The standard InChI is InChI=1S/C37H27NO2/c1-26-38-34(37(39)40-26)25-27-17-19-28(20-18-27)29-21-23-33(24-22-29)36(32-15-9-4-10-16-32)35(30-11-5-2-6-12-30)31-13-7-3-8-14-31/h2-25H,1H3/b34-25-. The number of rotatable bonds is 6. The third-order valence-electron chi connectivity index (χ3n) is 6.89. The number of benzene rings is 5. The van der Waals surface area contributed by atoms with Crippen LogP contribution in [-0.2, 0) is 9.53 Å². The molecule has 5 aromatic carbocycles. The van der Waals surface area contributed by atoms with Crippen molar-refractivity contribution >= 4 is 29.1 Å². The van der Waals surface area contributed by atoms with Crippen LogP contribution in [0.3, 0.4) is 0 Å². The summed E-state index contributed by atoms with van der Waals surface area (Å²) in [6.45, 7) is 1.67. The monoisotopic (exact) mass is 517 g/mol. The van der Waals surface area contributed by atoms with Crippen molar-refractivity contribution in [2.45, 2.75) is 6.92 Å². The molecule has 6 rings (SSSR count). The van der Waals surface area contributed by atoms with Gasteiger partial charge < -0.3 is 4.74 Å². The maximum absolute atomic E-state index is 11.9. The Morgan fingerprint density at radius 1 is 0.550 bits per heavy atom. The van der Waals surface area contributed by atoms with Gasteiger partial charge in [0.15, 0.2) is 11.6 Å². The zero-order chi connectivity index (χ0) is 27.3. The molecular weight excluding hydrogens is 490 g/mol. The number of esters is 1. The lowest BCUT2D eigenvalue weighted by Gasteiger charge is -2.18. The molecule has 0 aliphatic carbocycles. The van der Waals surface area contributed by atoms with Gasteiger partial charge in [0, 0.05) is 6.92 Å². The van der Waals surface area contributed by atoms with Crippen LogP contribution in [0.5, 0.6) is 0 Å². The van der Waals surface area contributed by atoms with Gasteiger partial charge >= 0.3 is 5.97 Å². The fourth-order valence-corrected chi connectivity index (χ4v) is 5.00. The number of ether oxygens (including phenoxy) is 1. The Kier molecular flexibility index (Phi) is 7.02. The number of carbonyl (C=O) groups is 1. The Morgan fingerprint density at radius 2 is 0.950 bits per heavy atom. The van der Waals surface area contributed by atoms with E-state index in [1.165, 1.54) is 27.8 Å². The molecule has 0 radical (unpaired) electrons. The molecule has 1 heterocycles. The Morgan fingerprint density at radius 3 is 1.35 bits per heavy atom. The minimum Gasteiger partial charge on any atom is -0.407 e. The first-order valence-electron chi connectivity index (χ1n) is 13.3. The van der Waals surface area contributed by atoms with Gasteiger partial charge in [-0.1, -0.05) is 140 Å². The molecule has 0 aromatic heterocycles. The number of hydrogen-bond donors (Lipinski definition) is 0. The Bertz CT molecular complexity index is 1690. The van der Waals surface area contributed by atoms with Gasteiger partial charge in [0.05, 0.1) is 0 Å². The summed E-state index contributed by atoms with van der Waals surface area (Å²) in [5.74, 6) is -0.0376. The van der Waals surface area contributed by atoms with E-state index < -0.39 is 5.97 Å². The zero-order valence-corrected chi connectivity index (χ0v) is 22.1. The molecule has 1 aliphatic rings. The molecule has 0 fully saturated rings. The van der Waals surface area contributed by atoms with E-state index in [4.69, 9.17) is 4.74 Å². The van der Waals surface area contributed by atoms with Gasteiger partial charge in [-0.2, -0.15) is 0 Å². The van der Waals surface area contributed by atoms with E-state index in [2.05, 4.69) is 132 Å². The topological polar surface area (TPSA) is 38.7 Å². The van der Waals surface area contributed by atoms with Gasteiger partial charge in [-0.3, -0.25) is 0 Å². The molecule has 5 aromatic rings. The van der Waals surface area contributed by atoms with Crippen molar-refractivity contribution in [1.29, 1.82) is 0 Å². The lowest BCUT2D eigenvalue weighted by Crippen LogP contribution is -1.99. The lowest BCUT2D eigenvalue weighted by molar-refractivity contribution is -0.130. The third-order valence-corrected chi connectivity index (χ3v) is 6.89. The summed E-state index contributed by atoms with van der Waals surface area (Å²) in [4.78, 5) is 16.0. The van der Waals surface area contributed by atoms with Gasteiger partial charge in [-0.15, -0.1) is 0 Å². The second-order valence-corrected chi connectivity index (χ2v) is 9.60. The van der Waals surface area contributed by atoms with Crippen LogP contribution in [0.1, 0.15) is 34.7 Å². The molecule has 0 unspecified atom stereocenters. The fraction of sp³-hybridized carbons (Fsp3) is 0.0270. The van der Waals surface area contributed by atoms with Crippen molar-refractivity contribution in [3.05, 3.63) is 173 Å². The van der Waals surface area contributed by atoms with Crippen molar-refractivity contribution in [1.82, 2.24) is 0 Å². The van der Waals surface area contributed by atoms with Crippen LogP contribution in [0.25, 0.3) is 28.3 Å². The van der Waals surface area contributed by atoms with Crippen molar-refractivity contribution < 1.29 is 9.53 Å². The highest BCUT2D eigenvalue weighted by Crippen LogP contribution is 2.37. The number of cyclic esters (lactones) is 1. The molecule has 3 heteroatoms. The predicted molar refractivity (Wildman–Crippen MR) is 163 cm³/mol. The largest absolute Gasteiger partial charge is 0.407 e. The first kappa shape index (κ1) is 25.0. The van der Waals surface area contributed by atoms with E-state index in [9.17, 15) is 4.79 Å². The summed E-state index contributed by atoms with van der Waals surface area (Å²) in [5, 5.41) is 0. The second kappa shape index (κ2) is 11.2. The molecule has 0 saturated heterocycles. The molecular formula is C37H27NO2. The van der Waals surface area contributed by atoms with Crippen LogP contribution >= 0.6 is 0 Å². The molecule has 3 nitrogen and oxygen atoms in total.